The largest absolute Gasteiger partial charge is 0.465 e. The zero-order valence-corrected chi connectivity index (χ0v) is 23.3. The smallest absolute Gasteiger partial charge is 0.305 e. The number of hydrogen-bond donors (Lipinski definition) is 0. The zero-order chi connectivity index (χ0) is 25.3. The van der Waals surface area contributed by atoms with E-state index in [-0.39, 0.29) is 11.9 Å². The zero-order valence-electron chi connectivity index (χ0n) is 23.3. The number of esters is 2. The SMILES string of the molecule is CCCCCCC(CCCC)COC(=O)CCCCC(=O)OCC(CCCC)CCCCCC. The number of unbranched alkanes of at least 4 members (excludes halogenated alkanes) is 9. The molecule has 34 heavy (non-hydrogen) atoms. The molecule has 4 heteroatoms. The maximum Gasteiger partial charge on any atom is 0.305 e. The van der Waals surface area contributed by atoms with Crippen LogP contribution in [0.15, 0.2) is 0 Å². The average Bonchev–Trinajstić information content (AvgIpc) is 2.84. The molecule has 0 amide bonds. The van der Waals surface area contributed by atoms with Crippen molar-refractivity contribution >= 4 is 11.9 Å². The second-order valence-electron chi connectivity index (χ2n) is 10.3. The highest BCUT2D eigenvalue weighted by molar-refractivity contribution is 5.70. The molecule has 0 saturated carbocycles. The highest BCUT2D eigenvalue weighted by atomic mass is 16.5. The number of carbonyl (C=O) groups is 2. The topological polar surface area (TPSA) is 52.6 Å². The lowest BCUT2D eigenvalue weighted by Gasteiger charge is -2.17. The molecule has 2 atom stereocenters. The first-order valence-electron chi connectivity index (χ1n) is 14.9. The molecule has 0 aliphatic carbocycles. The minimum atomic E-state index is -0.116. The van der Waals surface area contributed by atoms with Gasteiger partial charge in [-0.15, -0.1) is 0 Å². The number of rotatable bonds is 25. The summed E-state index contributed by atoms with van der Waals surface area (Å²) < 4.78 is 11.2. The summed E-state index contributed by atoms with van der Waals surface area (Å²) in [6, 6.07) is 0. The Morgan fingerprint density at radius 3 is 1.18 bits per heavy atom. The predicted octanol–water partition coefficient (Wildman–Crippen LogP) is 9.19. The van der Waals surface area contributed by atoms with Crippen molar-refractivity contribution in [1.29, 1.82) is 0 Å². The maximum atomic E-state index is 12.2. The van der Waals surface area contributed by atoms with E-state index in [1.165, 1.54) is 77.0 Å². The van der Waals surface area contributed by atoms with Crippen molar-refractivity contribution in [3.63, 3.8) is 0 Å². The molecule has 0 rings (SSSR count). The van der Waals surface area contributed by atoms with E-state index in [4.69, 9.17) is 9.47 Å². The Balaban J connectivity index is 4.02. The molecule has 0 fully saturated rings. The van der Waals surface area contributed by atoms with Crippen LogP contribution in [-0.2, 0) is 19.1 Å². The fourth-order valence-corrected chi connectivity index (χ4v) is 4.43. The molecule has 0 heterocycles. The van der Waals surface area contributed by atoms with E-state index in [0.29, 0.717) is 50.7 Å². The van der Waals surface area contributed by atoms with E-state index in [1.54, 1.807) is 0 Å². The molecule has 0 spiro atoms. The summed E-state index contributed by atoms with van der Waals surface area (Å²) in [6.45, 7) is 10.0. The van der Waals surface area contributed by atoms with Crippen LogP contribution in [0.2, 0.25) is 0 Å². The predicted molar refractivity (Wildman–Crippen MR) is 144 cm³/mol. The molecule has 0 radical (unpaired) electrons. The van der Waals surface area contributed by atoms with E-state index in [1.807, 2.05) is 0 Å². The number of carbonyl (C=O) groups excluding carboxylic acids is 2. The van der Waals surface area contributed by atoms with Crippen LogP contribution in [0.1, 0.15) is 156 Å². The van der Waals surface area contributed by atoms with Crippen LogP contribution in [0.25, 0.3) is 0 Å². The molecular formula is C30H58O4. The molecule has 202 valence electrons. The lowest BCUT2D eigenvalue weighted by atomic mass is 9.96. The summed E-state index contributed by atoms with van der Waals surface area (Å²) in [5.74, 6) is 0.766. The molecular weight excluding hydrogens is 424 g/mol. The monoisotopic (exact) mass is 482 g/mol. The minimum absolute atomic E-state index is 0.116. The Kier molecular flexibility index (Phi) is 24.3. The summed E-state index contributed by atoms with van der Waals surface area (Å²) in [5, 5.41) is 0. The Morgan fingerprint density at radius 1 is 0.471 bits per heavy atom. The van der Waals surface area contributed by atoms with Gasteiger partial charge in [0.15, 0.2) is 0 Å². The van der Waals surface area contributed by atoms with Gasteiger partial charge in [0.1, 0.15) is 0 Å². The molecule has 0 aromatic carbocycles. The average molecular weight is 483 g/mol. The molecule has 4 nitrogen and oxygen atoms in total. The van der Waals surface area contributed by atoms with Crippen LogP contribution in [0.4, 0.5) is 0 Å². The van der Waals surface area contributed by atoms with Crippen LogP contribution in [0.5, 0.6) is 0 Å². The van der Waals surface area contributed by atoms with Gasteiger partial charge in [0.2, 0.25) is 0 Å². The normalized spacial score (nSPS) is 12.9. The molecule has 2 unspecified atom stereocenters. The lowest BCUT2D eigenvalue weighted by Crippen LogP contribution is -2.15. The summed E-state index contributed by atoms with van der Waals surface area (Å²) in [6.07, 6.45) is 21.7. The van der Waals surface area contributed by atoms with Crippen molar-refractivity contribution in [3.8, 4) is 0 Å². The molecule has 0 N–H and O–H groups in total. The van der Waals surface area contributed by atoms with E-state index < -0.39 is 0 Å². The van der Waals surface area contributed by atoms with Gasteiger partial charge in [-0.3, -0.25) is 9.59 Å². The highest BCUT2D eigenvalue weighted by Gasteiger charge is 2.14. The first-order chi connectivity index (χ1) is 16.6. The van der Waals surface area contributed by atoms with Gasteiger partial charge in [0.25, 0.3) is 0 Å². The quantitative estimate of drug-likeness (QED) is 0.0961. The van der Waals surface area contributed by atoms with Gasteiger partial charge < -0.3 is 9.47 Å². The minimum Gasteiger partial charge on any atom is -0.465 e. The summed E-state index contributed by atoms with van der Waals surface area (Å²) >= 11 is 0. The van der Waals surface area contributed by atoms with Gasteiger partial charge >= 0.3 is 11.9 Å². The molecule has 0 aliphatic rings. The van der Waals surface area contributed by atoms with E-state index in [9.17, 15) is 9.59 Å². The first-order valence-corrected chi connectivity index (χ1v) is 14.9. The lowest BCUT2D eigenvalue weighted by molar-refractivity contribution is -0.147. The fraction of sp³-hybridized carbons (Fsp3) is 0.933. The Hall–Kier alpha value is -1.06. The molecule has 0 saturated heterocycles. The number of ether oxygens (including phenoxy) is 2. The summed E-state index contributed by atoms with van der Waals surface area (Å²) in [4.78, 5) is 24.3. The number of hydrogen-bond acceptors (Lipinski definition) is 4. The van der Waals surface area contributed by atoms with Crippen LogP contribution in [0, 0.1) is 11.8 Å². The van der Waals surface area contributed by atoms with Crippen molar-refractivity contribution in [1.82, 2.24) is 0 Å². The van der Waals surface area contributed by atoms with Gasteiger partial charge in [-0.25, -0.2) is 0 Å². The van der Waals surface area contributed by atoms with Crippen molar-refractivity contribution in [2.45, 2.75) is 156 Å². The molecule has 0 aliphatic heterocycles. The first kappa shape index (κ1) is 32.9. The van der Waals surface area contributed by atoms with Gasteiger partial charge in [-0.2, -0.15) is 0 Å². The van der Waals surface area contributed by atoms with Crippen molar-refractivity contribution in [2.75, 3.05) is 13.2 Å². The highest BCUT2D eigenvalue weighted by Crippen LogP contribution is 2.19. The second kappa shape index (κ2) is 25.0. The summed E-state index contributed by atoms with van der Waals surface area (Å²) in [5.41, 5.74) is 0. The van der Waals surface area contributed by atoms with Crippen molar-refractivity contribution < 1.29 is 19.1 Å². The van der Waals surface area contributed by atoms with Gasteiger partial charge in [0.05, 0.1) is 13.2 Å². The Labute approximate surface area is 212 Å². The third kappa shape index (κ3) is 21.5. The van der Waals surface area contributed by atoms with Crippen LogP contribution >= 0.6 is 0 Å². The van der Waals surface area contributed by atoms with Crippen molar-refractivity contribution in [3.05, 3.63) is 0 Å². The van der Waals surface area contributed by atoms with E-state index in [2.05, 4.69) is 27.7 Å². The van der Waals surface area contributed by atoms with Crippen LogP contribution < -0.4 is 0 Å². The third-order valence-corrected chi connectivity index (χ3v) is 6.84. The standard InChI is InChI=1S/C30H58O4/c1-5-9-13-15-21-27(19-11-7-3)25-33-29(31)23-17-18-24-30(32)34-26-28(20-12-8-4)22-16-14-10-6-2/h27-28H,5-26H2,1-4H3. The summed E-state index contributed by atoms with van der Waals surface area (Å²) in [7, 11) is 0. The van der Waals surface area contributed by atoms with Gasteiger partial charge in [-0.1, -0.05) is 105 Å². The van der Waals surface area contributed by atoms with E-state index in [0.717, 1.165) is 25.7 Å². The Bertz CT molecular complexity index is 421. The van der Waals surface area contributed by atoms with Crippen LogP contribution in [-0.4, -0.2) is 25.2 Å². The molecule has 0 aromatic heterocycles. The van der Waals surface area contributed by atoms with Gasteiger partial charge in [-0.05, 0) is 50.4 Å². The maximum absolute atomic E-state index is 12.2. The van der Waals surface area contributed by atoms with Crippen molar-refractivity contribution in [2.24, 2.45) is 11.8 Å². The molecule has 0 aromatic rings. The molecule has 0 bridgehead atoms. The third-order valence-electron chi connectivity index (χ3n) is 6.84. The van der Waals surface area contributed by atoms with Crippen LogP contribution in [0.3, 0.4) is 0 Å². The second-order valence-corrected chi connectivity index (χ2v) is 10.3. The van der Waals surface area contributed by atoms with Gasteiger partial charge in [0, 0.05) is 12.8 Å². The fourth-order valence-electron chi connectivity index (χ4n) is 4.43. The Morgan fingerprint density at radius 2 is 0.824 bits per heavy atom. The van der Waals surface area contributed by atoms with E-state index >= 15 is 0 Å².